The average molecular weight is 449 g/mol. The van der Waals surface area contributed by atoms with Gasteiger partial charge in [-0.2, -0.15) is 0 Å². The molecule has 0 bridgehead atoms. The van der Waals surface area contributed by atoms with Crippen LogP contribution in [0.1, 0.15) is 16.7 Å². The number of esters is 1. The fourth-order valence-electron chi connectivity index (χ4n) is 3.78. The molecule has 33 heavy (non-hydrogen) atoms. The summed E-state index contributed by atoms with van der Waals surface area (Å²) in [4.78, 5) is 12.8. The highest BCUT2D eigenvalue weighted by atomic mass is 16.6. The van der Waals surface area contributed by atoms with Crippen molar-refractivity contribution in [2.45, 2.75) is 44.2 Å². The van der Waals surface area contributed by atoms with E-state index < -0.39 is 30.4 Å². The number of hydrogen-bond donors (Lipinski definition) is 1. The number of cyclic esters (lactones) is 1. The Morgan fingerprint density at radius 1 is 0.636 bits per heavy atom. The molecule has 4 rings (SSSR count). The van der Waals surface area contributed by atoms with Crippen LogP contribution >= 0.6 is 0 Å². The lowest BCUT2D eigenvalue weighted by molar-refractivity contribution is -0.236. The van der Waals surface area contributed by atoms with Crippen LogP contribution in [0.2, 0.25) is 0 Å². The summed E-state index contributed by atoms with van der Waals surface area (Å²) in [6, 6.07) is 29.0. The zero-order chi connectivity index (χ0) is 22.9. The van der Waals surface area contributed by atoms with Gasteiger partial charge in [0.05, 0.1) is 26.4 Å². The molecule has 1 heterocycles. The number of aliphatic hydroxyl groups is 1. The van der Waals surface area contributed by atoms with Gasteiger partial charge in [0.1, 0.15) is 12.2 Å². The monoisotopic (exact) mass is 448 g/mol. The first kappa shape index (κ1) is 23.1. The van der Waals surface area contributed by atoms with Gasteiger partial charge in [-0.05, 0) is 16.7 Å². The van der Waals surface area contributed by atoms with Crippen molar-refractivity contribution in [3.05, 3.63) is 108 Å². The van der Waals surface area contributed by atoms with Crippen molar-refractivity contribution in [2.75, 3.05) is 6.61 Å². The third kappa shape index (κ3) is 6.27. The molecule has 0 saturated carbocycles. The highest BCUT2D eigenvalue weighted by Crippen LogP contribution is 2.27. The number of hydrogen-bond acceptors (Lipinski definition) is 6. The van der Waals surface area contributed by atoms with Crippen LogP contribution in [-0.4, -0.2) is 42.1 Å². The molecule has 1 saturated heterocycles. The molecule has 6 heteroatoms. The number of rotatable bonds is 10. The molecule has 1 aliphatic heterocycles. The van der Waals surface area contributed by atoms with Crippen molar-refractivity contribution in [2.24, 2.45) is 0 Å². The van der Waals surface area contributed by atoms with Crippen molar-refractivity contribution in [3.8, 4) is 0 Å². The van der Waals surface area contributed by atoms with E-state index in [4.69, 9.17) is 18.9 Å². The Balaban J connectivity index is 1.54. The molecule has 4 atom stereocenters. The molecule has 1 fully saturated rings. The first-order chi connectivity index (χ1) is 16.2. The van der Waals surface area contributed by atoms with Crippen molar-refractivity contribution >= 4 is 5.97 Å². The lowest BCUT2D eigenvalue weighted by Crippen LogP contribution is -2.59. The molecule has 0 radical (unpaired) electrons. The van der Waals surface area contributed by atoms with Gasteiger partial charge in [-0.1, -0.05) is 91.0 Å². The van der Waals surface area contributed by atoms with E-state index in [1.165, 1.54) is 0 Å². The van der Waals surface area contributed by atoms with Crippen molar-refractivity contribution in [1.29, 1.82) is 0 Å². The molecule has 172 valence electrons. The number of aliphatic hydroxyl groups excluding tert-OH is 1. The highest BCUT2D eigenvalue weighted by Gasteiger charge is 2.48. The predicted molar refractivity (Wildman–Crippen MR) is 122 cm³/mol. The van der Waals surface area contributed by atoms with E-state index in [9.17, 15) is 9.90 Å². The number of ether oxygens (including phenoxy) is 4. The van der Waals surface area contributed by atoms with E-state index in [0.717, 1.165) is 16.7 Å². The van der Waals surface area contributed by atoms with Crippen molar-refractivity contribution < 1.29 is 28.8 Å². The van der Waals surface area contributed by atoms with Crippen LogP contribution in [0.25, 0.3) is 0 Å². The Bertz CT molecular complexity index is 979. The second-order valence-corrected chi connectivity index (χ2v) is 7.90. The van der Waals surface area contributed by atoms with Gasteiger partial charge in [0.25, 0.3) is 0 Å². The molecule has 3 aromatic rings. The summed E-state index contributed by atoms with van der Waals surface area (Å²) in [7, 11) is 0. The summed E-state index contributed by atoms with van der Waals surface area (Å²) in [5.74, 6) is -0.567. The smallest absolute Gasteiger partial charge is 0.338 e. The minimum Gasteiger partial charge on any atom is -0.455 e. The number of carbonyl (C=O) groups excluding carboxylic acids is 1. The molecule has 0 spiro atoms. The predicted octanol–water partition coefficient (Wildman–Crippen LogP) is 3.66. The zero-order valence-electron chi connectivity index (χ0n) is 18.3. The van der Waals surface area contributed by atoms with E-state index in [1.807, 2.05) is 91.0 Å². The van der Waals surface area contributed by atoms with Gasteiger partial charge in [0, 0.05) is 0 Å². The van der Waals surface area contributed by atoms with Gasteiger partial charge in [-0.3, -0.25) is 0 Å². The molecule has 6 nitrogen and oxygen atoms in total. The molecular formula is C27H28O6. The maximum Gasteiger partial charge on any atom is 0.338 e. The van der Waals surface area contributed by atoms with E-state index >= 15 is 0 Å². The van der Waals surface area contributed by atoms with Crippen LogP contribution in [0.5, 0.6) is 0 Å². The van der Waals surface area contributed by atoms with Gasteiger partial charge >= 0.3 is 5.97 Å². The Hall–Kier alpha value is -3.03. The lowest BCUT2D eigenvalue weighted by atomic mass is 9.98. The topological polar surface area (TPSA) is 74.2 Å². The summed E-state index contributed by atoms with van der Waals surface area (Å²) in [5, 5.41) is 9.92. The Kier molecular flexibility index (Phi) is 8.22. The van der Waals surface area contributed by atoms with Crippen molar-refractivity contribution in [1.82, 2.24) is 0 Å². The minimum absolute atomic E-state index is 0.223. The Morgan fingerprint density at radius 3 is 1.52 bits per heavy atom. The second-order valence-electron chi connectivity index (χ2n) is 7.90. The Morgan fingerprint density at radius 2 is 1.06 bits per heavy atom. The molecular weight excluding hydrogens is 420 g/mol. The van der Waals surface area contributed by atoms with Gasteiger partial charge in [0.2, 0.25) is 0 Å². The molecule has 0 aliphatic carbocycles. The van der Waals surface area contributed by atoms with Gasteiger partial charge in [0.15, 0.2) is 12.2 Å². The molecule has 1 aliphatic rings. The first-order valence-corrected chi connectivity index (χ1v) is 11.0. The van der Waals surface area contributed by atoms with Crippen LogP contribution in [-0.2, 0) is 43.6 Å². The highest BCUT2D eigenvalue weighted by molar-refractivity contribution is 5.77. The SMILES string of the molecule is O=C1O[C@H](CO)[C@@H](OCc2ccccc2)[C@H](OCc2ccccc2)[C@H]1OCc1ccccc1. The van der Waals surface area contributed by atoms with Gasteiger partial charge < -0.3 is 24.1 Å². The van der Waals surface area contributed by atoms with Crippen molar-refractivity contribution in [3.63, 3.8) is 0 Å². The number of carbonyl (C=O) groups is 1. The maximum absolute atomic E-state index is 12.8. The zero-order valence-corrected chi connectivity index (χ0v) is 18.3. The maximum atomic E-state index is 12.8. The molecule has 0 unspecified atom stereocenters. The summed E-state index contributed by atoms with van der Waals surface area (Å²) in [6.45, 7) is 0.409. The second kappa shape index (κ2) is 11.7. The fourth-order valence-corrected chi connectivity index (χ4v) is 3.78. The third-order valence-corrected chi connectivity index (χ3v) is 5.51. The van der Waals surface area contributed by atoms with Crippen LogP contribution in [0.15, 0.2) is 91.0 Å². The quantitative estimate of drug-likeness (QED) is 0.477. The molecule has 3 aromatic carbocycles. The van der Waals surface area contributed by atoms with E-state index in [1.54, 1.807) is 0 Å². The lowest BCUT2D eigenvalue weighted by Gasteiger charge is -2.40. The van der Waals surface area contributed by atoms with Crippen LogP contribution < -0.4 is 0 Å². The minimum atomic E-state index is -0.988. The largest absolute Gasteiger partial charge is 0.455 e. The normalized spacial score (nSPS) is 22.6. The third-order valence-electron chi connectivity index (χ3n) is 5.51. The van der Waals surface area contributed by atoms with Gasteiger partial charge in [-0.15, -0.1) is 0 Å². The standard InChI is InChI=1S/C27H28O6/c28-16-23-24(30-17-20-10-4-1-5-11-20)25(31-18-21-12-6-2-7-13-21)26(27(29)33-23)32-19-22-14-8-3-9-15-22/h1-15,23-26,28H,16-19H2/t23-,24-,25+,26-/m1/s1. The molecule has 1 N–H and O–H groups in total. The molecule has 0 aromatic heterocycles. The number of benzene rings is 3. The van der Waals surface area contributed by atoms with Crippen LogP contribution in [0.3, 0.4) is 0 Å². The molecule has 0 amide bonds. The average Bonchev–Trinajstić information content (AvgIpc) is 2.87. The first-order valence-electron chi connectivity index (χ1n) is 11.0. The van der Waals surface area contributed by atoms with E-state index in [2.05, 4.69) is 0 Å². The Labute approximate surface area is 193 Å². The van der Waals surface area contributed by atoms with E-state index in [0.29, 0.717) is 0 Å². The fraction of sp³-hybridized carbons (Fsp3) is 0.296. The summed E-state index contributed by atoms with van der Waals surface area (Å²) in [5.41, 5.74) is 2.86. The van der Waals surface area contributed by atoms with Crippen LogP contribution in [0.4, 0.5) is 0 Å². The van der Waals surface area contributed by atoms with E-state index in [-0.39, 0.29) is 26.4 Å². The summed E-state index contributed by atoms with van der Waals surface area (Å²) < 4.78 is 23.9. The van der Waals surface area contributed by atoms with Crippen LogP contribution in [0, 0.1) is 0 Å². The summed E-state index contributed by atoms with van der Waals surface area (Å²) in [6.07, 6.45) is -3.29. The van der Waals surface area contributed by atoms with Gasteiger partial charge in [-0.25, -0.2) is 4.79 Å². The summed E-state index contributed by atoms with van der Waals surface area (Å²) >= 11 is 0.